The van der Waals surface area contributed by atoms with Gasteiger partial charge in [-0.1, -0.05) is 12.1 Å². The maximum Gasteiger partial charge on any atom is 0.222 e. The van der Waals surface area contributed by atoms with Crippen LogP contribution in [0.4, 0.5) is 4.39 Å². The maximum absolute atomic E-state index is 13.0. The number of carbonyl (C=O) groups is 1. The van der Waals surface area contributed by atoms with Crippen LogP contribution in [0.15, 0.2) is 24.3 Å². The standard InChI is InChI=1S/C13H19FN2O3.ClH/c1-19-11(7-15)6-13(18)16-8-12(17)9-3-2-4-10(14)5-9;/h2-5,11-12,17H,6-8,15H2,1H3,(H,16,18);1H. The molecule has 0 saturated heterocycles. The van der Waals surface area contributed by atoms with Gasteiger partial charge in [-0.25, -0.2) is 4.39 Å². The lowest BCUT2D eigenvalue weighted by Crippen LogP contribution is -2.34. The number of nitrogens with one attached hydrogen (secondary N) is 1. The average molecular weight is 307 g/mol. The number of nitrogens with two attached hydrogens (primary N) is 1. The third kappa shape index (κ3) is 6.29. The highest BCUT2D eigenvalue weighted by Crippen LogP contribution is 2.13. The third-order valence-electron chi connectivity index (χ3n) is 2.74. The van der Waals surface area contributed by atoms with Gasteiger partial charge in [0.2, 0.25) is 5.91 Å². The Bertz CT molecular complexity index is 416. The van der Waals surface area contributed by atoms with Crippen molar-refractivity contribution in [1.29, 1.82) is 0 Å². The van der Waals surface area contributed by atoms with Gasteiger partial charge in [0.1, 0.15) is 5.82 Å². The smallest absolute Gasteiger partial charge is 0.222 e. The molecule has 0 heterocycles. The van der Waals surface area contributed by atoms with E-state index in [1.807, 2.05) is 0 Å². The Morgan fingerprint density at radius 2 is 2.25 bits per heavy atom. The molecular formula is C13H20ClFN2O3. The van der Waals surface area contributed by atoms with Crippen molar-refractivity contribution in [3.63, 3.8) is 0 Å². The lowest BCUT2D eigenvalue weighted by Gasteiger charge is -2.15. The highest BCUT2D eigenvalue weighted by molar-refractivity contribution is 5.85. The van der Waals surface area contributed by atoms with Crippen LogP contribution in [0.25, 0.3) is 0 Å². The molecule has 1 aromatic rings. The molecule has 2 atom stereocenters. The number of rotatable bonds is 7. The predicted octanol–water partition coefficient (Wildman–Crippen LogP) is 0.761. The number of hydrogen-bond acceptors (Lipinski definition) is 4. The number of benzene rings is 1. The van der Waals surface area contributed by atoms with Gasteiger partial charge in [-0.3, -0.25) is 4.79 Å². The fourth-order valence-electron chi connectivity index (χ4n) is 1.58. The summed E-state index contributed by atoms with van der Waals surface area (Å²) in [7, 11) is 1.48. The summed E-state index contributed by atoms with van der Waals surface area (Å²) < 4.78 is 17.9. The summed E-state index contributed by atoms with van der Waals surface area (Å²) in [5.41, 5.74) is 5.82. The summed E-state index contributed by atoms with van der Waals surface area (Å²) in [4.78, 5) is 11.5. The molecule has 1 aromatic carbocycles. The van der Waals surface area contributed by atoms with Crippen LogP contribution in [-0.2, 0) is 9.53 Å². The minimum absolute atomic E-state index is 0. The van der Waals surface area contributed by atoms with E-state index >= 15 is 0 Å². The molecule has 0 saturated carbocycles. The van der Waals surface area contributed by atoms with Gasteiger partial charge < -0.3 is 20.9 Å². The molecule has 0 aliphatic rings. The fourth-order valence-corrected chi connectivity index (χ4v) is 1.58. The highest BCUT2D eigenvalue weighted by atomic mass is 35.5. The zero-order chi connectivity index (χ0) is 14.3. The average Bonchev–Trinajstić information content (AvgIpc) is 2.42. The lowest BCUT2D eigenvalue weighted by atomic mass is 10.1. The van der Waals surface area contributed by atoms with Crippen molar-refractivity contribution in [3.05, 3.63) is 35.6 Å². The number of methoxy groups -OCH3 is 1. The first-order chi connectivity index (χ1) is 9.06. The number of ether oxygens (including phenoxy) is 1. The van der Waals surface area contributed by atoms with E-state index in [1.165, 1.54) is 25.3 Å². The molecule has 0 aliphatic carbocycles. The molecule has 2 unspecified atom stereocenters. The summed E-state index contributed by atoms with van der Waals surface area (Å²) >= 11 is 0. The monoisotopic (exact) mass is 306 g/mol. The summed E-state index contributed by atoms with van der Waals surface area (Å²) in [5.74, 6) is -0.696. The van der Waals surface area contributed by atoms with Gasteiger partial charge in [-0.05, 0) is 17.7 Å². The first-order valence-corrected chi connectivity index (χ1v) is 6.00. The number of aliphatic hydroxyl groups excluding tert-OH is 1. The normalized spacial score (nSPS) is 13.2. The molecule has 0 bridgehead atoms. The first kappa shape index (κ1) is 18.8. The number of halogens is 2. The molecule has 4 N–H and O–H groups in total. The Labute approximate surface area is 123 Å². The van der Waals surface area contributed by atoms with E-state index in [2.05, 4.69) is 5.32 Å². The molecule has 0 aromatic heterocycles. The summed E-state index contributed by atoms with van der Waals surface area (Å²) in [6, 6.07) is 5.62. The van der Waals surface area contributed by atoms with Gasteiger partial charge in [-0.2, -0.15) is 0 Å². The van der Waals surface area contributed by atoms with Crippen molar-refractivity contribution < 1.29 is 19.0 Å². The van der Waals surface area contributed by atoms with E-state index < -0.39 is 11.9 Å². The van der Waals surface area contributed by atoms with Crippen LogP contribution in [0.1, 0.15) is 18.1 Å². The van der Waals surface area contributed by atoms with E-state index in [1.54, 1.807) is 6.07 Å². The van der Waals surface area contributed by atoms with Gasteiger partial charge in [0.25, 0.3) is 0 Å². The Balaban J connectivity index is 0.00000361. The van der Waals surface area contributed by atoms with Gasteiger partial charge in [0.05, 0.1) is 18.6 Å². The van der Waals surface area contributed by atoms with Crippen LogP contribution in [0.2, 0.25) is 0 Å². The molecule has 7 heteroatoms. The van der Waals surface area contributed by atoms with Crippen molar-refractivity contribution in [2.24, 2.45) is 5.73 Å². The van der Waals surface area contributed by atoms with Gasteiger partial charge in [-0.15, -0.1) is 12.4 Å². The second kappa shape index (κ2) is 9.66. The van der Waals surface area contributed by atoms with Gasteiger partial charge in [0, 0.05) is 20.2 Å². The summed E-state index contributed by atoms with van der Waals surface area (Å²) in [6.07, 6.45) is -1.16. The van der Waals surface area contributed by atoms with E-state index in [4.69, 9.17) is 10.5 Å². The molecule has 0 spiro atoms. The zero-order valence-electron chi connectivity index (χ0n) is 11.2. The Hall–Kier alpha value is -1.21. The molecular weight excluding hydrogens is 287 g/mol. The van der Waals surface area contributed by atoms with Crippen molar-refractivity contribution in [1.82, 2.24) is 5.32 Å². The highest BCUT2D eigenvalue weighted by Gasteiger charge is 2.13. The lowest BCUT2D eigenvalue weighted by molar-refractivity contribution is -0.123. The van der Waals surface area contributed by atoms with E-state index in [0.29, 0.717) is 5.56 Å². The summed E-state index contributed by atoms with van der Waals surface area (Å²) in [6.45, 7) is 0.264. The van der Waals surface area contributed by atoms with Crippen LogP contribution >= 0.6 is 12.4 Å². The van der Waals surface area contributed by atoms with Gasteiger partial charge >= 0.3 is 0 Å². The predicted molar refractivity (Wildman–Crippen MR) is 76.1 cm³/mol. The number of carbonyl (C=O) groups excluding carboxylic acids is 1. The minimum atomic E-state index is -0.946. The second-order valence-corrected chi connectivity index (χ2v) is 4.17. The quantitative estimate of drug-likeness (QED) is 0.694. The number of aliphatic hydroxyl groups is 1. The Morgan fingerprint density at radius 3 is 2.80 bits per heavy atom. The Morgan fingerprint density at radius 1 is 1.55 bits per heavy atom. The third-order valence-corrected chi connectivity index (χ3v) is 2.74. The fraction of sp³-hybridized carbons (Fsp3) is 0.462. The van der Waals surface area contributed by atoms with Crippen LogP contribution < -0.4 is 11.1 Å². The SMILES string of the molecule is COC(CN)CC(=O)NCC(O)c1cccc(F)c1.Cl. The molecule has 0 radical (unpaired) electrons. The van der Waals surface area contributed by atoms with Crippen LogP contribution in [-0.4, -0.2) is 37.3 Å². The van der Waals surface area contributed by atoms with Crippen molar-refractivity contribution in [2.45, 2.75) is 18.6 Å². The van der Waals surface area contributed by atoms with Crippen LogP contribution in [0.5, 0.6) is 0 Å². The molecule has 0 fully saturated rings. The number of hydrogen-bond donors (Lipinski definition) is 3. The summed E-state index contributed by atoms with van der Waals surface area (Å²) in [5, 5.41) is 12.4. The molecule has 114 valence electrons. The van der Waals surface area contributed by atoms with Crippen molar-refractivity contribution in [3.8, 4) is 0 Å². The largest absolute Gasteiger partial charge is 0.387 e. The minimum Gasteiger partial charge on any atom is -0.387 e. The number of amides is 1. The molecule has 5 nitrogen and oxygen atoms in total. The topological polar surface area (TPSA) is 84.6 Å². The molecule has 0 aliphatic heterocycles. The molecule has 20 heavy (non-hydrogen) atoms. The van der Waals surface area contributed by atoms with Gasteiger partial charge in [0.15, 0.2) is 0 Å². The molecule has 1 amide bonds. The second-order valence-electron chi connectivity index (χ2n) is 4.17. The molecule has 1 rings (SSSR count). The van der Waals surface area contributed by atoms with E-state index in [9.17, 15) is 14.3 Å². The first-order valence-electron chi connectivity index (χ1n) is 6.00. The van der Waals surface area contributed by atoms with Crippen LogP contribution in [0.3, 0.4) is 0 Å². The van der Waals surface area contributed by atoms with Crippen molar-refractivity contribution in [2.75, 3.05) is 20.2 Å². The van der Waals surface area contributed by atoms with E-state index in [-0.39, 0.29) is 43.9 Å². The van der Waals surface area contributed by atoms with Crippen molar-refractivity contribution >= 4 is 18.3 Å². The van der Waals surface area contributed by atoms with Crippen LogP contribution in [0, 0.1) is 5.82 Å². The Kier molecular flexibility index (Phi) is 9.07. The maximum atomic E-state index is 13.0. The van der Waals surface area contributed by atoms with E-state index in [0.717, 1.165) is 0 Å². The zero-order valence-corrected chi connectivity index (χ0v) is 12.0.